The minimum Gasteiger partial charge on any atom is -0.356 e. The average Bonchev–Trinajstić information content (AvgIpc) is 3.17. The molecule has 0 unspecified atom stereocenters. The van der Waals surface area contributed by atoms with Crippen LogP contribution in [0.1, 0.15) is 37.4 Å². The molecule has 0 bridgehead atoms. The van der Waals surface area contributed by atoms with E-state index in [4.69, 9.17) is 9.97 Å². The summed E-state index contributed by atoms with van der Waals surface area (Å²) >= 11 is 1.55. The predicted octanol–water partition coefficient (Wildman–Crippen LogP) is 2.13. The number of hydrogen-bond donors (Lipinski definition) is 0. The van der Waals surface area contributed by atoms with E-state index in [9.17, 15) is 0 Å². The SMILES string of the molecule is c1cc(N2CCCC2)nc(N2CCN(c3nc(C4CC4)ns3)CC2)n1. The fraction of sp³-hybridized carbons (Fsp3) is 0.647. The molecule has 1 aliphatic carbocycles. The first-order valence-corrected chi connectivity index (χ1v) is 10.1. The van der Waals surface area contributed by atoms with Gasteiger partial charge in [-0.25, -0.2) is 9.97 Å². The molecule has 0 spiro atoms. The average molecular weight is 357 g/mol. The summed E-state index contributed by atoms with van der Waals surface area (Å²) in [7, 11) is 0. The van der Waals surface area contributed by atoms with Gasteiger partial charge in [-0.2, -0.15) is 9.36 Å². The highest BCUT2D eigenvalue weighted by Crippen LogP contribution is 2.39. The molecule has 0 N–H and O–H groups in total. The summed E-state index contributed by atoms with van der Waals surface area (Å²) in [5.74, 6) is 3.63. The summed E-state index contributed by atoms with van der Waals surface area (Å²) < 4.78 is 4.53. The number of piperazine rings is 1. The molecule has 1 saturated carbocycles. The van der Waals surface area contributed by atoms with Crippen molar-refractivity contribution in [2.24, 2.45) is 0 Å². The molecule has 132 valence electrons. The van der Waals surface area contributed by atoms with Crippen molar-refractivity contribution >= 4 is 28.4 Å². The number of aromatic nitrogens is 4. The molecule has 0 atom stereocenters. The Morgan fingerprint density at radius 2 is 1.64 bits per heavy atom. The lowest BCUT2D eigenvalue weighted by Gasteiger charge is -2.34. The van der Waals surface area contributed by atoms with Crippen LogP contribution in [0.4, 0.5) is 16.9 Å². The van der Waals surface area contributed by atoms with Crippen LogP contribution < -0.4 is 14.7 Å². The standard InChI is InChI=1S/C17H23N7S/c1-2-8-22(7-1)14-5-6-18-16(19-14)23-9-11-24(12-10-23)17-20-15(21-25-17)13-3-4-13/h5-6,13H,1-4,7-12H2. The molecule has 0 radical (unpaired) electrons. The maximum Gasteiger partial charge on any atom is 0.227 e. The molecule has 3 aliphatic rings. The van der Waals surface area contributed by atoms with Crippen LogP contribution in [0.15, 0.2) is 12.3 Å². The van der Waals surface area contributed by atoms with Crippen LogP contribution in [0.3, 0.4) is 0 Å². The van der Waals surface area contributed by atoms with Gasteiger partial charge >= 0.3 is 0 Å². The van der Waals surface area contributed by atoms with Gasteiger partial charge in [0.2, 0.25) is 11.1 Å². The van der Waals surface area contributed by atoms with Crippen molar-refractivity contribution in [3.63, 3.8) is 0 Å². The Bertz CT molecular complexity index is 730. The Morgan fingerprint density at radius 1 is 0.880 bits per heavy atom. The third-order valence-corrected chi connectivity index (χ3v) is 6.06. The summed E-state index contributed by atoms with van der Waals surface area (Å²) in [6.07, 6.45) is 6.95. The topological polar surface area (TPSA) is 61.3 Å². The number of rotatable bonds is 4. The lowest BCUT2D eigenvalue weighted by atomic mass is 10.3. The Balaban J connectivity index is 1.24. The molecule has 25 heavy (non-hydrogen) atoms. The van der Waals surface area contributed by atoms with Crippen LogP contribution in [-0.4, -0.2) is 58.6 Å². The third-order valence-electron chi connectivity index (χ3n) is 5.26. The zero-order valence-corrected chi connectivity index (χ0v) is 15.2. The van der Waals surface area contributed by atoms with Crippen molar-refractivity contribution < 1.29 is 0 Å². The largest absolute Gasteiger partial charge is 0.356 e. The van der Waals surface area contributed by atoms with E-state index < -0.39 is 0 Å². The zero-order chi connectivity index (χ0) is 16.6. The lowest BCUT2D eigenvalue weighted by Crippen LogP contribution is -2.47. The molecule has 2 aromatic heterocycles. The van der Waals surface area contributed by atoms with Gasteiger partial charge in [0.1, 0.15) is 11.6 Å². The smallest absolute Gasteiger partial charge is 0.227 e. The maximum atomic E-state index is 4.81. The van der Waals surface area contributed by atoms with Gasteiger partial charge in [0.25, 0.3) is 0 Å². The minimum atomic E-state index is 0.632. The van der Waals surface area contributed by atoms with Crippen molar-refractivity contribution in [2.45, 2.75) is 31.6 Å². The third kappa shape index (κ3) is 3.15. The number of hydrogen-bond acceptors (Lipinski definition) is 8. The summed E-state index contributed by atoms with van der Waals surface area (Å²) in [4.78, 5) is 21.1. The van der Waals surface area contributed by atoms with Gasteiger partial charge in [0.05, 0.1) is 0 Å². The summed E-state index contributed by atoms with van der Waals surface area (Å²) in [5.41, 5.74) is 0. The first-order chi connectivity index (χ1) is 12.4. The first-order valence-electron chi connectivity index (χ1n) is 9.28. The number of nitrogens with zero attached hydrogens (tertiary/aromatic N) is 7. The van der Waals surface area contributed by atoms with Crippen molar-refractivity contribution in [1.29, 1.82) is 0 Å². The van der Waals surface area contributed by atoms with Crippen molar-refractivity contribution in [1.82, 2.24) is 19.3 Å². The van der Waals surface area contributed by atoms with E-state index in [0.717, 1.165) is 62.0 Å². The molecule has 0 aromatic carbocycles. The zero-order valence-electron chi connectivity index (χ0n) is 14.3. The highest BCUT2D eigenvalue weighted by molar-refractivity contribution is 7.09. The van der Waals surface area contributed by atoms with Crippen molar-refractivity contribution in [3.8, 4) is 0 Å². The lowest BCUT2D eigenvalue weighted by molar-refractivity contribution is 0.637. The first kappa shape index (κ1) is 15.3. The van der Waals surface area contributed by atoms with E-state index >= 15 is 0 Å². The quantitative estimate of drug-likeness (QED) is 0.831. The molecular formula is C17H23N7S. The predicted molar refractivity (Wildman–Crippen MR) is 99.8 cm³/mol. The summed E-state index contributed by atoms with van der Waals surface area (Å²) in [6.45, 7) is 6.01. The number of anilines is 3. The van der Waals surface area contributed by atoms with Crippen LogP contribution >= 0.6 is 11.5 Å². The molecule has 4 heterocycles. The van der Waals surface area contributed by atoms with Crippen molar-refractivity contribution in [2.75, 3.05) is 54.0 Å². The van der Waals surface area contributed by atoms with E-state index in [1.165, 1.54) is 25.7 Å². The monoisotopic (exact) mass is 357 g/mol. The van der Waals surface area contributed by atoms with Crippen LogP contribution in [-0.2, 0) is 0 Å². The molecule has 3 fully saturated rings. The fourth-order valence-corrected chi connectivity index (χ4v) is 4.37. The second-order valence-electron chi connectivity index (χ2n) is 7.09. The molecule has 5 rings (SSSR count). The Labute approximate surface area is 151 Å². The Morgan fingerprint density at radius 3 is 2.40 bits per heavy atom. The van der Waals surface area contributed by atoms with Crippen LogP contribution in [0.2, 0.25) is 0 Å². The molecule has 2 aliphatic heterocycles. The van der Waals surface area contributed by atoms with Gasteiger partial charge in [-0.1, -0.05) is 0 Å². The summed E-state index contributed by atoms with van der Waals surface area (Å²) in [5, 5.41) is 1.08. The van der Waals surface area contributed by atoms with E-state index in [0.29, 0.717) is 5.92 Å². The molecular weight excluding hydrogens is 334 g/mol. The fourth-order valence-electron chi connectivity index (χ4n) is 3.57. The minimum absolute atomic E-state index is 0.632. The molecule has 2 saturated heterocycles. The maximum absolute atomic E-state index is 4.81. The normalized spacial score (nSPS) is 21.2. The van der Waals surface area contributed by atoms with E-state index in [2.05, 4.69) is 24.1 Å². The van der Waals surface area contributed by atoms with Crippen molar-refractivity contribution in [3.05, 3.63) is 18.1 Å². The van der Waals surface area contributed by atoms with Gasteiger partial charge in [-0.15, -0.1) is 0 Å². The summed E-state index contributed by atoms with van der Waals surface area (Å²) in [6, 6.07) is 2.03. The van der Waals surface area contributed by atoms with Crippen LogP contribution in [0, 0.1) is 0 Å². The van der Waals surface area contributed by atoms with Gasteiger partial charge in [0, 0.05) is 62.9 Å². The highest BCUT2D eigenvalue weighted by Gasteiger charge is 2.29. The highest BCUT2D eigenvalue weighted by atomic mass is 32.1. The van der Waals surface area contributed by atoms with E-state index in [1.54, 1.807) is 11.5 Å². The van der Waals surface area contributed by atoms with E-state index in [1.807, 2.05) is 12.3 Å². The Hall–Kier alpha value is -1.96. The van der Waals surface area contributed by atoms with Gasteiger partial charge in [-0.3, -0.25) is 0 Å². The Kier molecular flexibility index (Phi) is 3.92. The molecule has 7 nitrogen and oxygen atoms in total. The van der Waals surface area contributed by atoms with Gasteiger partial charge in [0.15, 0.2) is 0 Å². The van der Waals surface area contributed by atoms with Gasteiger partial charge < -0.3 is 14.7 Å². The van der Waals surface area contributed by atoms with Crippen LogP contribution in [0.25, 0.3) is 0 Å². The molecule has 8 heteroatoms. The second kappa shape index (κ2) is 6.40. The molecule has 0 amide bonds. The van der Waals surface area contributed by atoms with Crippen LogP contribution in [0.5, 0.6) is 0 Å². The molecule has 2 aromatic rings. The second-order valence-corrected chi connectivity index (χ2v) is 7.82. The van der Waals surface area contributed by atoms with Gasteiger partial charge in [-0.05, 0) is 31.7 Å². The van der Waals surface area contributed by atoms with E-state index in [-0.39, 0.29) is 0 Å².